The van der Waals surface area contributed by atoms with E-state index in [-0.39, 0.29) is 5.91 Å². The highest BCUT2D eigenvalue weighted by Crippen LogP contribution is 2.25. The van der Waals surface area contributed by atoms with Crippen molar-refractivity contribution in [3.8, 4) is 0 Å². The van der Waals surface area contributed by atoms with Crippen molar-refractivity contribution in [1.29, 1.82) is 0 Å². The average Bonchev–Trinajstić information content (AvgIpc) is 3.15. The fourth-order valence-corrected chi connectivity index (χ4v) is 3.33. The van der Waals surface area contributed by atoms with Gasteiger partial charge in [0.2, 0.25) is 0 Å². The first kappa shape index (κ1) is 13.3. The Hall–Kier alpha value is -2.36. The second kappa shape index (κ2) is 5.13. The number of nitrogens with zero attached hydrogens (tertiary/aromatic N) is 1. The number of hydrogen-bond donors (Lipinski definition) is 2. The smallest absolute Gasteiger partial charge is 0.270 e. The Balaban J connectivity index is 1.74. The van der Waals surface area contributed by atoms with Crippen LogP contribution in [0.25, 0.3) is 21.8 Å². The van der Waals surface area contributed by atoms with Gasteiger partial charge in [-0.1, -0.05) is 31.0 Å². The second-order valence-corrected chi connectivity index (χ2v) is 6.21. The quantitative estimate of drug-likeness (QED) is 0.757. The molecular weight excluding hydrogens is 274 g/mol. The fraction of sp³-hybridized carbons (Fsp3) is 0.333. The minimum absolute atomic E-state index is 0.0519. The summed E-state index contributed by atoms with van der Waals surface area (Å²) >= 11 is 0. The Labute approximate surface area is 128 Å². The number of hydrogen-bond acceptors (Lipinski definition) is 2. The van der Waals surface area contributed by atoms with Crippen LogP contribution in [0.3, 0.4) is 0 Å². The molecule has 0 atom stereocenters. The summed E-state index contributed by atoms with van der Waals surface area (Å²) in [5, 5.41) is 5.22. The van der Waals surface area contributed by atoms with Crippen molar-refractivity contribution < 1.29 is 4.79 Å². The zero-order valence-electron chi connectivity index (χ0n) is 12.6. The molecule has 1 saturated carbocycles. The van der Waals surface area contributed by atoms with Crippen molar-refractivity contribution in [2.45, 2.75) is 38.6 Å². The van der Waals surface area contributed by atoms with Crippen LogP contribution >= 0.6 is 0 Å². The molecule has 4 nitrogen and oxygen atoms in total. The van der Waals surface area contributed by atoms with Gasteiger partial charge in [-0.2, -0.15) is 0 Å². The molecule has 4 rings (SSSR count). The van der Waals surface area contributed by atoms with E-state index in [1.807, 2.05) is 25.1 Å². The van der Waals surface area contributed by atoms with Gasteiger partial charge in [-0.25, -0.2) is 4.98 Å². The molecule has 2 heterocycles. The molecule has 1 aliphatic carbocycles. The van der Waals surface area contributed by atoms with E-state index in [0.717, 1.165) is 40.3 Å². The number of rotatable bonds is 2. The molecule has 112 valence electrons. The standard InChI is InChI=1S/C18H19N3O/c1-11-6-7-12-8-9-13-10-15(21-17(13)16(12)19-11)18(22)20-14-4-2-3-5-14/h6-10,14,19H,2-5H2,1H3,(H,20,22). The van der Waals surface area contributed by atoms with Gasteiger partial charge in [0.05, 0.1) is 11.0 Å². The summed E-state index contributed by atoms with van der Waals surface area (Å²) in [7, 11) is 0. The van der Waals surface area contributed by atoms with E-state index in [0.29, 0.717) is 11.7 Å². The predicted molar refractivity (Wildman–Crippen MR) is 88.1 cm³/mol. The third-order valence-electron chi connectivity index (χ3n) is 4.52. The Bertz CT molecular complexity index is 859. The van der Waals surface area contributed by atoms with E-state index in [4.69, 9.17) is 0 Å². The summed E-state index contributed by atoms with van der Waals surface area (Å²) in [4.78, 5) is 20.3. The SMILES string of the molecule is Cc1ccc2ccc3cc(C(=O)NC4CCCC4)nc3c2[nH]1. The molecule has 1 fully saturated rings. The second-order valence-electron chi connectivity index (χ2n) is 6.21. The zero-order chi connectivity index (χ0) is 15.1. The van der Waals surface area contributed by atoms with Crippen LogP contribution in [-0.4, -0.2) is 21.9 Å². The molecule has 4 heteroatoms. The van der Waals surface area contributed by atoms with Gasteiger partial charge >= 0.3 is 0 Å². The Kier molecular flexibility index (Phi) is 3.10. The van der Waals surface area contributed by atoms with Gasteiger partial charge in [-0.15, -0.1) is 0 Å². The average molecular weight is 293 g/mol. The molecular formula is C18H19N3O. The van der Waals surface area contributed by atoms with Crippen LogP contribution in [0.2, 0.25) is 0 Å². The van der Waals surface area contributed by atoms with Crippen molar-refractivity contribution in [1.82, 2.24) is 15.3 Å². The first-order valence-electron chi connectivity index (χ1n) is 7.91. The predicted octanol–water partition coefficient (Wildman–Crippen LogP) is 3.70. The topological polar surface area (TPSA) is 57.8 Å². The first-order chi connectivity index (χ1) is 10.7. The van der Waals surface area contributed by atoms with Crippen molar-refractivity contribution in [3.05, 3.63) is 41.7 Å². The lowest BCUT2D eigenvalue weighted by atomic mass is 10.1. The number of H-pyrrole nitrogens is 1. The Morgan fingerprint density at radius 3 is 2.73 bits per heavy atom. The van der Waals surface area contributed by atoms with Crippen LogP contribution < -0.4 is 5.32 Å². The molecule has 1 aromatic carbocycles. The van der Waals surface area contributed by atoms with E-state index in [1.165, 1.54) is 12.8 Å². The minimum atomic E-state index is -0.0519. The molecule has 22 heavy (non-hydrogen) atoms. The summed E-state index contributed by atoms with van der Waals surface area (Å²) in [6.45, 7) is 2.02. The molecule has 1 aliphatic rings. The van der Waals surface area contributed by atoms with Crippen molar-refractivity contribution >= 4 is 27.7 Å². The van der Waals surface area contributed by atoms with Gasteiger partial charge in [0, 0.05) is 22.5 Å². The number of aryl methyl sites for hydroxylation is 1. The van der Waals surface area contributed by atoms with Crippen LogP contribution in [0.5, 0.6) is 0 Å². The number of pyridine rings is 1. The number of carbonyl (C=O) groups is 1. The fourth-order valence-electron chi connectivity index (χ4n) is 3.33. The number of amides is 1. The number of benzene rings is 1. The van der Waals surface area contributed by atoms with E-state index in [1.54, 1.807) is 0 Å². The Morgan fingerprint density at radius 2 is 1.91 bits per heavy atom. The van der Waals surface area contributed by atoms with Gasteiger partial charge in [-0.3, -0.25) is 4.79 Å². The maximum atomic E-state index is 12.4. The van der Waals surface area contributed by atoms with Crippen molar-refractivity contribution in [2.24, 2.45) is 0 Å². The van der Waals surface area contributed by atoms with Crippen LogP contribution in [0, 0.1) is 6.92 Å². The number of aromatic nitrogens is 2. The zero-order valence-corrected chi connectivity index (χ0v) is 12.6. The molecule has 0 aliphatic heterocycles. The lowest BCUT2D eigenvalue weighted by Crippen LogP contribution is -2.32. The normalized spacial score (nSPS) is 15.7. The van der Waals surface area contributed by atoms with Crippen LogP contribution in [0.4, 0.5) is 0 Å². The van der Waals surface area contributed by atoms with Crippen LogP contribution in [-0.2, 0) is 0 Å². The molecule has 0 saturated heterocycles. The third kappa shape index (κ3) is 2.25. The maximum Gasteiger partial charge on any atom is 0.270 e. The van der Waals surface area contributed by atoms with Crippen LogP contribution in [0.1, 0.15) is 41.9 Å². The molecule has 3 aromatic rings. The maximum absolute atomic E-state index is 12.4. The lowest BCUT2D eigenvalue weighted by Gasteiger charge is -2.09. The molecule has 1 amide bonds. The number of fused-ring (bicyclic) bond motifs is 3. The monoisotopic (exact) mass is 293 g/mol. The highest BCUT2D eigenvalue weighted by molar-refractivity contribution is 6.07. The number of aromatic amines is 1. The third-order valence-corrected chi connectivity index (χ3v) is 4.52. The van der Waals surface area contributed by atoms with Crippen molar-refractivity contribution in [2.75, 3.05) is 0 Å². The summed E-state index contributed by atoms with van der Waals surface area (Å²) < 4.78 is 0. The summed E-state index contributed by atoms with van der Waals surface area (Å²) in [6, 6.07) is 10.4. The van der Waals surface area contributed by atoms with E-state index in [9.17, 15) is 4.79 Å². The highest BCUT2D eigenvalue weighted by Gasteiger charge is 2.20. The summed E-state index contributed by atoms with van der Waals surface area (Å²) in [5.74, 6) is -0.0519. The van der Waals surface area contributed by atoms with Crippen LogP contribution in [0.15, 0.2) is 30.3 Å². The molecule has 0 spiro atoms. The highest BCUT2D eigenvalue weighted by atomic mass is 16.1. The summed E-state index contributed by atoms with van der Waals surface area (Å²) in [6.07, 6.45) is 4.59. The van der Waals surface area contributed by atoms with Gasteiger partial charge in [-0.05, 0) is 31.9 Å². The lowest BCUT2D eigenvalue weighted by molar-refractivity contribution is 0.0933. The summed E-state index contributed by atoms with van der Waals surface area (Å²) in [5.41, 5.74) is 3.47. The van der Waals surface area contributed by atoms with Crippen molar-refractivity contribution in [3.63, 3.8) is 0 Å². The molecule has 2 N–H and O–H groups in total. The van der Waals surface area contributed by atoms with Gasteiger partial charge in [0.25, 0.3) is 5.91 Å². The minimum Gasteiger partial charge on any atom is -0.357 e. The van der Waals surface area contributed by atoms with E-state index >= 15 is 0 Å². The molecule has 2 aromatic heterocycles. The van der Waals surface area contributed by atoms with E-state index in [2.05, 4.69) is 27.4 Å². The van der Waals surface area contributed by atoms with Gasteiger partial charge < -0.3 is 10.3 Å². The van der Waals surface area contributed by atoms with Gasteiger partial charge in [0.15, 0.2) is 0 Å². The molecule has 0 unspecified atom stereocenters. The number of carbonyl (C=O) groups excluding carboxylic acids is 1. The molecule has 0 bridgehead atoms. The number of nitrogens with one attached hydrogen (secondary N) is 2. The Morgan fingerprint density at radius 1 is 1.18 bits per heavy atom. The largest absolute Gasteiger partial charge is 0.357 e. The molecule has 0 radical (unpaired) electrons. The van der Waals surface area contributed by atoms with Gasteiger partial charge in [0.1, 0.15) is 5.69 Å². The first-order valence-corrected chi connectivity index (χ1v) is 7.91. The van der Waals surface area contributed by atoms with E-state index < -0.39 is 0 Å².